The minimum Gasteiger partial charge on any atom is -0.392 e. The normalized spacial score (nSPS) is 44.9. The molecule has 1 fully saturated rings. The van der Waals surface area contributed by atoms with E-state index < -0.39 is 15.8 Å². The van der Waals surface area contributed by atoms with Crippen molar-refractivity contribution in [1.82, 2.24) is 0 Å². The quantitative estimate of drug-likeness (QED) is 0.697. The molecule has 1 rings (SSSR count). The number of carbonyl (C=O) groups excluding carboxylic acids is 1. The van der Waals surface area contributed by atoms with E-state index in [0.29, 0.717) is 6.42 Å². The summed E-state index contributed by atoms with van der Waals surface area (Å²) >= 11 is 6.73. The van der Waals surface area contributed by atoms with E-state index in [-0.39, 0.29) is 10.6 Å². The lowest BCUT2D eigenvalue weighted by Crippen LogP contribution is -2.56. The van der Waals surface area contributed by atoms with Crippen LogP contribution in [-0.4, -0.2) is 26.1 Å². The summed E-state index contributed by atoms with van der Waals surface area (Å²) in [6.45, 7) is 5.55. The maximum absolute atomic E-state index is 11.9. The molecule has 1 aliphatic rings. The van der Waals surface area contributed by atoms with E-state index in [0.717, 1.165) is 0 Å². The Balaban J connectivity index is 3.03. The van der Waals surface area contributed by atoms with Crippen molar-refractivity contribution in [1.29, 1.82) is 0 Å². The third-order valence-electron chi connectivity index (χ3n) is 2.63. The van der Waals surface area contributed by atoms with Crippen molar-refractivity contribution < 1.29 is 9.90 Å². The summed E-state index contributed by atoms with van der Waals surface area (Å²) in [5.41, 5.74) is -0.443. The van der Waals surface area contributed by atoms with E-state index >= 15 is 0 Å². The number of aliphatic hydroxyl groups excluding tert-OH is 1. The highest BCUT2D eigenvalue weighted by atomic mass is 79.9. The molecular weight excluding hydrogens is 300 g/mol. The molecule has 3 atom stereocenters. The van der Waals surface area contributed by atoms with Gasteiger partial charge in [0.1, 0.15) is 0 Å². The molecule has 0 saturated heterocycles. The van der Waals surface area contributed by atoms with Gasteiger partial charge in [0.05, 0.1) is 15.3 Å². The Labute approximate surface area is 95.3 Å². The highest BCUT2D eigenvalue weighted by Gasteiger charge is 2.52. The molecule has 0 amide bonds. The maximum Gasteiger partial charge on any atom is 0.156 e. The van der Waals surface area contributed by atoms with Crippen molar-refractivity contribution in [3.8, 4) is 0 Å². The van der Waals surface area contributed by atoms with Crippen LogP contribution in [0.4, 0.5) is 0 Å². The first-order valence-corrected chi connectivity index (χ1v) is 5.96. The zero-order valence-electron chi connectivity index (χ0n) is 7.97. The summed E-state index contributed by atoms with van der Waals surface area (Å²) in [5, 5.41) is 9.74. The number of Topliss-reactive ketones (excluding diaryl/α,β-unsaturated/α-hetero) is 1. The molecule has 0 heterocycles. The Morgan fingerprint density at radius 2 is 1.92 bits per heavy atom. The standard InChI is InChI=1S/C9H14Br2O2/c1-8(2)4-5(12)6(10)9(3,11)7(8)13/h5-6,12H,4H2,1-3H3. The predicted molar refractivity (Wildman–Crippen MR) is 59.5 cm³/mol. The smallest absolute Gasteiger partial charge is 0.156 e. The first-order valence-electron chi connectivity index (χ1n) is 4.25. The molecule has 0 aromatic heterocycles. The fourth-order valence-corrected chi connectivity index (χ4v) is 3.10. The molecule has 0 aromatic rings. The van der Waals surface area contributed by atoms with Crippen LogP contribution in [0.15, 0.2) is 0 Å². The molecule has 1 aliphatic carbocycles. The topological polar surface area (TPSA) is 37.3 Å². The fourth-order valence-electron chi connectivity index (χ4n) is 1.87. The van der Waals surface area contributed by atoms with Crippen LogP contribution < -0.4 is 0 Å². The van der Waals surface area contributed by atoms with Crippen molar-refractivity contribution in [2.45, 2.75) is 42.4 Å². The lowest BCUT2D eigenvalue weighted by Gasteiger charge is -2.43. The molecular formula is C9H14Br2O2. The summed E-state index contributed by atoms with van der Waals surface area (Å²) in [4.78, 5) is 11.7. The van der Waals surface area contributed by atoms with Crippen LogP contribution in [0, 0.1) is 5.41 Å². The van der Waals surface area contributed by atoms with Gasteiger partial charge in [-0.3, -0.25) is 4.79 Å². The monoisotopic (exact) mass is 312 g/mol. The zero-order chi connectivity index (χ0) is 10.4. The molecule has 1 N–H and O–H groups in total. The average Bonchev–Trinajstić information content (AvgIpc) is 1.98. The summed E-state index contributed by atoms with van der Waals surface area (Å²) in [5.74, 6) is 0.146. The van der Waals surface area contributed by atoms with E-state index in [1.54, 1.807) is 6.92 Å². The predicted octanol–water partition coefficient (Wildman–Crippen LogP) is 2.26. The summed E-state index contributed by atoms with van der Waals surface area (Å²) in [7, 11) is 0. The summed E-state index contributed by atoms with van der Waals surface area (Å²) < 4.78 is -0.659. The van der Waals surface area contributed by atoms with Gasteiger partial charge in [0.25, 0.3) is 0 Å². The van der Waals surface area contributed by atoms with Gasteiger partial charge < -0.3 is 5.11 Å². The van der Waals surface area contributed by atoms with Crippen molar-refractivity contribution >= 4 is 37.6 Å². The van der Waals surface area contributed by atoms with Gasteiger partial charge in [0, 0.05) is 5.41 Å². The van der Waals surface area contributed by atoms with Crippen molar-refractivity contribution in [3.05, 3.63) is 0 Å². The number of hydrogen-bond acceptors (Lipinski definition) is 2. The zero-order valence-corrected chi connectivity index (χ0v) is 11.1. The van der Waals surface area contributed by atoms with E-state index in [1.165, 1.54) is 0 Å². The van der Waals surface area contributed by atoms with E-state index in [2.05, 4.69) is 31.9 Å². The van der Waals surface area contributed by atoms with Crippen LogP contribution in [0.3, 0.4) is 0 Å². The second-order valence-electron chi connectivity index (χ2n) is 4.46. The Bertz CT molecular complexity index is 236. The van der Waals surface area contributed by atoms with Crippen molar-refractivity contribution in [2.24, 2.45) is 5.41 Å². The summed E-state index contributed by atoms with van der Waals surface area (Å²) in [6, 6.07) is 0. The second-order valence-corrected chi connectivity index (χ2v) is 7.10. The molecule has 4 heteroatoms. The number of hydrogen-bond donors (Lipinski definition) is 1. The van der Waals surface area contributed by atoms with Gasteiger partial charge in [-0.05, 0) is 13.3 Å². The van der Waals surface area contributed by atoms with Crippen LogP contribution in [0.25, 0.3) is 0 Å². The third-order valence-corrected chi connectivity index (χ3v) is 5.63. The fraction of sp³-hybridized carbons (Fsp3) is 0.889. The van der Waals surface area contributed by atoms with E-state index in [4.69, 9.17) is 0 Å². The van der Waals surface area contributed by atoms with Gasteiger partial charge >= 0.3 is 0 Å². The number of alkyl halides is 2. The van der Waals surface area contributed by atoms with Crippen molar-refractivity contribution in [2.75, 3.05) is 0 Å². The molecule has 13 heavy (non-hydrogen) atoms. The van der Waals surface area contributed by atoms with Gasteiger partial charge in [-0.2, -0.15) is 0 Å². The number of carbonyl (C=O) groups is 1. The Hall–Kier alpha value is 0.590. The molecule has 2 nitrogen and oxygen atoms in total. The molecule has 0 radical (unpaired) electrons. The molecule has 3 unspecified atom stereocenters. The molecule has 0 spiro atoms. The Morgan fingerprint density at radius 3 is 2.38 bits per heavy atom. The number of rotatable bonds is 0. The Morgan fingerprint density at radius 1 is 1.46 bits per heavy atom. The second kappa shape index (κ2) is 3.31. The van der Waals surface area contributed by atoms with E-state index in [1.807, 2.05) is 13.8 Å². The largest absolute Gasteiger partial charge is 0.392 e. The molecule has 0 aliphatic heterocycles. The highest BCUT2D eigenvalue weighted by Crippen LogP contribution is 2.45. The van der Waals surface area contributed by atoms with Crippen LogP contribution in [0.5, 0.6) is 0 Å². The first kappa shape index (κ1) is 11.7. The lowest BCUT2D eigenvalue weighted by atomic mass is 9.70. The van der Waals surface area contributed by atoms with Gasteiger partial charge in [-0.1, -0.05) is 45.7 Å². The SMILES string of the molecule is CC1(C)CC(O)C(Br)C(C)(Br)C1=O. The number of ketones is 1. The van der Waals surface area contributed by atoms with Gasteiger partial charge in [0.2, 0.25) is 0 Å². The van der Waals surface area contributed by atoms with Gasteiger partial charge in [-0.25, -0.2) is 0 Å². The van der Waals surface area contributed by atoms with Gasteiger partial charge in [-0.15, -0.1) is 0 Å². The first-order chi connectivity index (χ1) is 5.69. The molecule has 76 valence electrons. The summed E-state index contributed by atoms with van der Waals surface area (Å²) in [6.07, 6.45) is 0.0419. The molecule has 0 bridgehead atoms. The van der Waals surface area contributed by atoms with E-state index in [9.17, 15) is 9.90 Å². The molecule has 0 aromatic carbocycles. The van der Waals surface area contributed by atoms with Crippen LogP contribution in [-0.2, 0) is 4.79 Å². The highest BCUT2D eigenvalue weighted by molar-refractivity contribution is 9.12. The van der Waals surface area contributed by atoms with Crippen LogP contribution in [0.1, 0.15) is 27.2 Å². The van der Waals surface area contributed by atoms with Gasteiger partial charge in [0.15, 0.2) is 5.78 Å². The average molecular weight is 314 g/mol. The maximum atomic E-state index is 11.9. The third kappa shape index (κ3) is 1.85. The van der Waals surface area contributed by atoms with Crippen LogP contribution in [0.2, 0.25) is 0 Å². The number of halogens is 2. The minimum absolute atomic E-state index is 0.146. The number of aliphatic hydroxyl groups is 1. The van der Waals surface area contributed by atoms with Crippen LogP contribution >= 0.6 is 31.9 Å². The lowest BCUT2D eigenvalue weighted by molar-refractivity contribution is -0.134. The minimum atomic E-state index is -0.659. The van der Waals surface area contributed by atoms with Crippen molar-refractivity contribution in [3.63, 3.8) is 0 Å². The molecule has 1 saturated carbocycles. The Kier molecular flexibility index (Phi) is 2.97.